The molecule has 0 aliphatic carbocycles. The Morgan fingerprint density at radius 3 is 2.43 bits per heavy atom. The number of carbonyl (C=O) groups is 1. The standard InChI is InChI=1S/C27H23F3N4O3/c28-27(29,30)25-33-23(34-37-25)20-13-21(16-31-15-20)24(35)32-17-26(9-11-36-12-10-26)22-8-4-7-19(14-22)18-5-2-1-3-6-18/h1-8,13-16H,9-12,17H2,(H,32,35). The van der Waals surface area contributed by atoms with Gasteiger partial charge in [0, 0.05) is 43.1 Å². The average molecular weight is 509 g/mol. The molecular formula is C27H23F3N4O3. The molecule has 1 aliphatic heterocycles. The van der Waals surface area contributed by atoms with Crippen molar-refractivity contribution in [1.29, 1.82) is 0 Å². The van der Waals surface area contributed by atoms with Crippen molar-refractivity contribution < 1.29 is 27.2 Å². The van der Waals surface area contributed by atoms with E-state index in [4.69, 9.17) is 4.74 Å². The van der Waals surface area contributed by atoms with E-state index in [2.05, 4.69) is 55.3 Å². The van der Waals surface area contributed by atoms with E-state index in [9.17, 15) is 18.0 Å². The summed E-state index contributed by atoms with van der Waals surface area (Å²) in [4.78, 5) is 20.4. The second kappa shape index (κ2) is 10.1. The number of alkyl halides is 3. The molecule has 0 atom stereocenters. The first-order valence-corrected chi connectivity index (χ1v) is 11.7. The highest BCUT2D eigenvalue weighted by Gasteiger charge is 2.39. The Bertz CT molecular complexity index is 1380. The minimum atomic E-state index is -4.76. The van der Waals surface area contributed by atoms with E-state index in [-0.39, 0.29) is 22.4 Å². The summed E-state index contributed by atoms with van der Waals surface area (Å²) >= 11 is 0. The summed E-state index contributed by atoms with van der Waals surface area (Å²) in [5.41, 5.74) is 3.29. The zero-order valence-corrected chi connectivity index (χ0v) is 19.7. The minimum Gasteiger partial charge on any atom is -0.381 e. The molecule has 7 nitrogen and oxygen atoms in total. The van der Waals surface area contributed by atoms with Gasteiger partial charge in [-0.2, -0.15) is 18.2 Å². The largest absolute Gasteiger partial charge is 0.471 e. The predicted octanol–water partition coefficient (Wildman–Crippen LogP) is 5.30. The molecule has 0 spiro atoms. The summed E-state index contributed by atoms with van der Waals surface area (Å²) < 4.78 is 48.3. The van der Waals surface area contributed by atoms with Crippen LogP contribution in [0.5, 0.6) is 0 Å². The number of nitrogens with zero attached hydrogens (tertiary/aromatic N) is 3. The van der Waals surface area contributed by atoms with Gasteiger partial charge in [0.15, 0.2) is 0 Å². The summed E-state index contributed by atoms with van der Waals surface area (Å²) in [5, 5.41) is 6.36. The van der Waals surface area contributed by atoms with E-state index in [0.717, 1.165) is 29.5 Å². The first-order chi connectivity index (χ1) is 17.8. The van der Waals surface area contributed by atoms with Crippen molar-refractivity contribution in [3.63, 3.8) is 0 Å². The van der Waals surface area contributed by atoms with E-state index in [0.29, 0.717) is 19.8 Å². The van der Waals surface area contributed by atoms with Crippen LogP contribution in [0.4, 0.5) is 13.2 Å². The summed E-state index contributed by atoms with van der Waals surface area (Å²) in [6.07, 6.45) is -0.684. The fourth-order valence-corrected chi connectivity index (χ4v) is 4.48. The smallest absolute Gasteiger partial charge is 0.381 e. The van der Waals surface area contributed by atoms with Gasteiger partial charge in [-0.1, -0.05) is 59.8 Å². The Morgan fingerprint density at radius 2 is 1.70 bits per heavy atom. The van der Waals surface area contributed by atoms with Gasteiger partial charge in [0.25, 0.3) is 5.91 Å². The van der Waals surface area contributed by atoms with Gasteiger partial charge in [0.1, 0.15) is 0 Å². The molecule has 1 N–H and O–H groups in total. The van der Waals surface area contributed by atoms with Crippen LogP contribution >= 0.6 is 0 Å². The first-order valence-electron chi connectivity index (χ1n) is 11.7. The maximum Gasteiger partial charge on any atom is 0.471 e. The number of hydrogen-bond acceptors (Lipinski definition) is 6. The summed E-state index contributed by atoms with van der Waals surface area (Å²) in [7, 11) is 0. The Hall–Kier alpha value is -4.05. The fraction of sp³-hybridized carbons (Fsp3) is 0.259. The van der Waals surface area contributed by atoms with Crippen LogP contribution in [0.25, 0.3) is 22.5 Å². The van der Waals surface area contributed by atoms with Gasteiger partial charge in [0.05, 0.1) is 5.56 Å². The lowest BCUT2D eigenvalue weighted by atomic mass is 9.73. The van der Waals surface area contributed by atoms with E-state index < -0.39 is 18.0 Å². The maximum atomic E-state index is 13.1. The van der Waals surface area contributed by atoms with Crippen LogP contribution in [0.3, 0.4) is 0 Å². The lowest BCUT2D eigenvalue weighted by Gasteiger charge is -2.38. The number of amides is 1. The van der Waals surface area contributed by atoms with Crippen LogP contribution in [0.1, 0.15) is 34.7 Å². The van der Waals surface area contributed by atoms with Crippen molar-refractivity contribution >= 4 is 5.91 Å². The Morgan fingerprint density at radius 1 is 0.946 bits per heavy atom. The molecule has 4 aromatic rings. The summed E-state index contributed by atoms with van der Waals surface area (Å²) in [5.74, 6) is -2.16. The monoisotopic (exact) mass is 508 g/mol. The SMILES string of the molecule is O=C(NCC1(c2cccc(-c3ccccc3)c2)CCOCC1)c1cncc(-c2noc(C(F)(F)F)n2)c1. The molecule has 3 heterocycles. The molecule has 1 aliphatic rings. The Balaban J connectivity index is 1.36. The lowest BCUT2D eigenvalue weighted by Crippen LogP contribution is -2.44. The fourth-order valence-electron chi connectivity index (χ4n) is 4.48. The topological polar surface area (TPSA) is 90.1 Å². The van der Waals surface area contributed by atoms with E-state index in [1.165, 1.54) is 18.5 Å². The van der Waals surface area contributed by atoms with Crippen molar-refractivity contribution in [3.8, 4) is 22.5 Å². The third-order valence-electron chi connectivity index (χ3n) is 6.55. The van der Waals surface area contributed by atoms with Gasteiger partial charge >= 0.3 is 12.1 Å². The molecule has 1 fully saturated rings. The van der Waals surface area contributed by atoms with Crippen LogP contribution in [0.15, 0.2) is 77.6 Å². The van der Waals surface area contributed by atoms with Crippen molar-refractivity contribution in [2.24, 2.45) is 0 Å². The molecule has 5 rings (SSSR count). The number of halogens is 3. The Kier molecular flexibility index (Phi) is 6.75. The van der Waals surface area contributed by atoms with Crippen molar-refractivity contribution in [2.45, 2.75) is 24.4 Å². The van der Waals surface area contributed by atoms with Gasteiger partial charge in [-0.05, 0) is 35.6 Å². The van der Waals surface area contributed by atoms with Crippen LogP contribution in [-0.2, 0) is 16.3 Å². The second-order valence-electron chi connectivity index (χ2n) is 8.91. The minimum absolute atomic E-state index is 0.142. The molecule has 10 heteroatoms. The van der Waals surface area contributed by atoms with E-state index in [1.54, 1.807) is 0 Å². The number of nitrogens with one attached hydrogen (secondary N) is 1. The molecule has 2 aromatic carbocycles. The molecule has 0 saturated carbocycles. The van der Waals surface area contributed by atoms with Crippen molar-refractivity contribution in [2.75, 3.05) is 19.8 Å². The van der Waals surface area contributed by atoms with Gasteiger partial charge in [0.2, 0.25) is 5.82 Å². The molecule has 37 heavy (non-hydrogen) atoms. The first kappa shape index (κ1) is 24.6. The van der Waals surface area contributed by atoms with Crippen molar-refractivity contribution in [3.05, 3.63) is 90.1 Å². The number of pyridine rings is 1. The predicted molar refractivity (Wildman–Crippen MR) is 128 cm³/mol. The van der Waals surface area contributed by atoms with Crippen LogP contribution in [0.2, 0.25) is 0 Å². The maximum absolute atomic E-state index is 13.1. The highest BCUT2D eigenvalue weighted by Crippen LogP contribution is 2.36. The third kappa shape index (κ3) is 5.39. The Labute approximate surface area is 210 Å². The molecular weight excluding hydrogens is 485 g/mol. The molecule has 0 radical (unpaired) electrons. The molecule has 0 bridgehead atoms. The second-order valence-corrected chi connectivity index (χ2v) is 8.91. The van der Waals surface area contributed by atoms with Crippen LogP contribution in [0, 0.1) is 0 Å². The zero-order valence-electron chi connectivity index (χ0n) is 19.7. The molecule has 2 aromatic heterocycles. The van der Waals surface area contributed by atoms with E-state index in [1.807, 2.05) is 24.3 Å². The van der Waals surface area contributed by atoms with Gasteiger partial charge in [-0.3, -0.25) is 9.78 Å². The number of benzene rings is 2. The van der Waals surface area contributed by atoms with Crippen LogP contribution < -0.4 is 5.32 Å². The normalized spacial score (nSPS) is 15.3. The molecule has 190 valence electrons. The van der Waals surface area contributed by atoms with Crippen LogP contribution in [-0.4, -0.2) is 40.8 Å². The average Bonchev–Trinajstić information content (AvgIpc) is 3.44. The molecule has 1 saturated heterocycles. The number of carbonyl (C=O) groups excluding carboxylic acids is 1. The highest BCUT2D eigenvalue weighted by atomic mass is 19.4. The number of aromatic nitrogens is 3. The molecule has 0 unspecified atom stereocenters. The third-order valence-corrected chi connectivity index (χ3v) is 6.55. The highest BCUT2D eigenvalue weighted by molar-refractivity contribution is 5.94. The number of hydrogen-bond donors (Lipinski definition) is 1. The van der Waals surface area contributed by atoms with Gasteiger partial charge in [-0.25, -0.2) is 0 Å². The molecule has 1 amide bonds. The summed E-state index contributed by atoms with van der Waals surface area (Å²) in [6.45, 7) is 1.50. The van der Waals surface area contributed by atoms with Gasteiger partial charge < -0.3 is 14.6 Å². The van der Waals surface area contributed by atoms with Gasteiger partial charge in [-0.15, -0.1) is 0 Å². The quantitative estimate of drug-likeness (QED) is 0.380. The van der Waals surface area contributed by atoms with E-state index >= 15 is 0 Å². The number of ether oxygens (including phenoxy) is 1. The number of rotatable bonds is 6. The zero-order chi connectivity index (χ0) is 25.9. The summed E-state index contributed by atoms with van der Waals surface area (Å²) in [6, 6.07) is 19.8. The van der Waals surface area contributed by atoms with Crippen molar-refractivity contribution in [1.82, 2.24) is 20.4 Å². The lowest BCUT2D eigenvalue weighted by molar-refractivity contribution is -0.159.